The predicted molar refractivity (Wildman–Crippen MR) is 126 cm³/mol. The number of carboxylic acid groups (broad SMARTS) is 1. The summed E-state index contributed by atoms with van der Waals surface area (Å²) in [7, 11) is 0. The van der Waals surface area contributed by atoms with Gasteiger partial charge in [0.25, 0.3) is 0 Å². The van der Waals surface area contributed by atoms with Crippen LogP contribution in [0.3, 0.4) is 0 Å². The zero-order valence-electron chi connectivity index (χ0n) is 19.0. The number of carboxylic acids is 1. The molecule has 1 N–H and O–H groups in total. The molecule has 0 saturated heterocycles. The summed E-state index contributed by atoms with van der Waals surface area (Å²) >= 11 is 0. The van der Waals surface area contributed by atoms with Crippen LogP contribution >= 0.6 is 0 Å². The second-order valence-electron chi connectivity index (χ2n) is 9.02. The fourth-order valence-corrected chi connectivity index (χ4v) is 4.81. The summed E-state index contributed by atoms with van der Waals surface area (Å²) in [5.74, 6) is 0.150. The molecule has 0 unspecified atom stereocenters. The van der Waals surface area contributed by atoms with E-state index in [2.05, 4.69) is 67.1 Å². The molecule has 0 bridgehead atoms. The molecule has 0 spiro atoms. The first-order chi connectivity index (χ1) is 15.5. The molecule has 0 radical (unpaired) electrons. The van der Waals surface area contributed by atoms with Gasteiger partial charge in [-0.3, -0.25) is 4.68 Å². The topological polar surface area (TPSA) is 64.4 Å². The van der Waals surface area contributed by atoms with Crippen molar-refractivity contribution in [2.75, 3.05) is 13.2 Å². The predicted octanol–water partition coefficient (Wildman–Crippen LogP) is 5.74. The van der Waals surface area contributed by atoms with Crippen molar-refractivity contribution >= 4 is 5.97 Å². The van der Waals surface area contributed by atoms with Crippen molar-refractivity contribution in [3.05, 3.63) is 65.9 Å². The Balaban J connectivity index is 1.52. The number of ether oxygens (including phenoxy) is 1. The van der Waals surface area contributed by atoms with E-state index in [1.54, 1.807) is 0 Å². The highest BCUT2D eigenvalue weighted by atomic mass is 16.5. The SMILES string of the molecule is Cc1cccc(-c2c(-c3ccccc3)nn(C[C@H]3CC[C@H](COCC(=O)O)CC3)c2C)c1. The average Bonchev–Trinajstić information content (AvgIpc) is 3.11. The van der Waals surface area contributed by atoms with Crippen LogP contribution in [0, 0.1) is 25.7 Å². The summed E-state index contributed by atoms with van der Waals surface area (Å²) in [6.45, 7) is 5.58. The van der Waals surface area contributed by atoms with Gasteiger partial charge >= 0.3 is 5.97 Å². The zero-order chi connectivity index (χ0) is 22.5. The number of carbonyl (C=O) groups is 1. The molecule has 4 rings (SSSR count). The van der Waals surface area contributed by atoms with Gasteiger partial charge in [-0.25, -0.2) is 4.79 Å². The van der Waals surface area contributed by atoms with E-state index in [1.807, 2.05) is 6.07 Å². The number of aliphatic carboxylic acids is 1. The van der Waals surface area contributed by atoms with Crippen molar-refractivity contribution in [1.82, 2.24) is 9.78 Å². The molecule has 1 aliphatic rings. The van der Waals surface area contributed by atoms with E-state index in [0.717, 1.165) is 43.5 Å². The average molecular weight is 433 g/mol. The normalized spacial score (nSPS) is 18.6. The van der Waals surface area contributed by atoms with E-state index in [4.69, 9.17) is 14.9 Å². The molecule has 5 heteroatoms. The summed E-state index contributed by atoms with van der Waals surface area (Å²) in [6, 6.07) is 19.1. The summed E-state index contributed by atoms with van der Waals surface area (Å²) in [6.07, 6.45) is 4.42. The largest absolute Gasteiger partial charge is 0.480 e. The Hall–Kier alpha value is -2.92. The highest BCUT2D eigenvalue weighted by Gasteiger charge is 2.24. The van der Waals surface area contributed by atoms with Gasteiger partial charge in [-0.05, 0) is 56.9 Å². The molecular formula is C27H32N2O3. The second kappa shape index (κ2) is 10.1. The Labute approximate surface area is 190 Å². The van der Waals surface area contributed by atoms with Crippen molar-refractivity contribution in [2.45, 2.75) is 46.1 Å². The molecule has 5 nitrogen and oxygen atoms in total. The van der Waals surface area contributed by atoms with Gasteiger partial charge in [0.2, 0.25) is 0 Å². The standard InChI is InChI=1S/C27H32N2O3/c1-19-7-6-10-24(15-19)26-20(2)29(28-27(26)23-8-4-3-5-9-23)16-21-11-13-22(14-12-21)17-32-18-25(30)31/h3-10,15,21-22H,11-14,16-18H2,1-2H3,(H,30,31)/t21-,22-. The summed E-state index contributed by atoms with van der Waals surface area (Å²) in [4.78, 5) is 10.6. The molecular weight excluding hydrogens is 400 g/mol. The van der Waals surface area contributed by atoms with Crippen LogP contribution in [0.1, 0.15) is 36.9 Å². The highest BCUT2D eigenvalue weighted by molar-refractivity contribution is 5.82. The van der Waals surface area contributed by atoms with Gasteiger partial charge in [0, 0.05) is 23.4 Å². The van der Waals surface area contributed by atoms with E-state index < -0.39 is 5.97 Å². The van der Waals surface area contributed by atoms with Crippen LogP contribution in [0.25, 0.3) is 22.4 Å². The fourth-order valence-electron chi connectivity index (χ4n) is 4.81. The lowest BCUT2D eigenvalue weighted by atomic mass is 9.82. The molecule has 1 aromatic heterocycles. The summed E-state index contributed by atoms with van der Waals surface area (Å²) < 4.78 is 7.52. The van der Waals surface area contributed by atoms with Crippen LogP contribution < -0.4 is 0 Å². The number of hydrogen-bond acceptors (Lipinski definition) is 3. The van der Waals surface area contributed by atoms with Gasteiger partial charge in [-0.2, -0.15) is 5.10 Å². The van der Waals surface area contributed by atoms with Crippen LogP contribution in [0.2, 0.25) is 0 Å². The monoisotopic (exact) mass is 432 g/mol. The first kappa shape index (κ1) is 22.3. The van der Waals surface area contributed by atoms with E-state index in [-0.39, 0.29) is 6.61 Å². The van der Waals surface area contributed by atoms with Gasteiger partial charge in [0.15, 0.2) is 0 Å². The van der Waals surface area contributed by atoms with Crippen molar-refractivity contribution in [2.24, 2.45) is 11.8 Å². The molecule has 1 aliphatic carbocycles. The maximum absolute atomic E-state index is 10.6. The molecule has 0 amide bonds. The van der Waals surface area contributed by atoms with Crippen LogP contribution in [-0.2, 0) is 16.1 Å². The maximum Gasteiger partial charge on any atom is 0.329 e. The Morgan fingerprint density at radius 1 is 1.00 bits per heavy atom. The minimum atomic E-state index is -0.897. The number of benzene rings is 2. The molecule has 1 saturated carbocycles. The third kappa shape index (κ3) is 5.28. The van der Waals surface area contributed by atoms with E-state index in [9.17, 15) is 4.79 Å². The van der Waals surface area contributed by atoms with Gasteiger partial charge < -0.3 is 9.84 Å². The van der Waals surface area contributed by atoms with Gasteiger partial charge in [0.05, 0.1) is 6.61 Å². The number of aromatic nitrogens is 2. The quantitative estimate of drug-likeness (QED) is 0.493. The van der Waals surface area contributed by atoms with Crippen molar-refractivity contribution in [3.8, 4) is 22.4 Å². The van der Waals surface area contributed by atoms with Gasteiger partial charge in [-0.15, -0.1) is 0 Å². The van der Waals surface area contributed by atoms with E-state index in [0.29, 0.717) is 18.4 Å². The van der Waals surface area contributed by atoms with Crippen LogP contribution in [0.4, 0.5) is 0 Å². The molecule has 168 valence electrons. The Bertz CT molecular complexity index is 1050. The van der Waals surface area contributed by atoms with Crippen molar-refractivity contribution in [1.29, 1.82) is 0 Å². The minimum absolute atomic E-state index is 0.198. The lowest BCUT2D eigenvalue weighted by Crippen LogP contribution is -2.23. The van der Waals surface area contributed by atoms with Gasteiger partial charge in [0.1, 0.15) is 12.3 Å². The van der Waals surface area contributed by atoms with Crippen molar-refractivity contribution in [3.63, 3.8) is 0 Å². The third-order valence-corrected chi connectivity index (χ3v) is 6.54. The lowest BCUT2D eigenvalue weighted by molar-refractivity contribution is -0.142. The maximum atomic E-state index is 10.6. The molecule has 1 fully saturated rings. The van der Waals surface area contributed by atoms with E-state index in [1.165, 1.54) is 22.4 Å². The first-order valence-corrected chi connectivity index (χ1v) is 11.5. The van der Waals surface area contributed by atoms with Crippen LogP contribution in [0.15, 0.2) is 54.6 Å². The molecule has 32 heavy (non-hydrogen) atoms. The number of aryl methyl sites for hydroxylation is 1. The molecule has 1 heterocycles. The lowest BCUT2D eigenvalue weighted by Gasteiger charge is -2.28. The fraction of sp³-hybridized carbons (Fsp3) is 0.407. The highest BCUT2D eigenvalue weighted by Crippen LogP contribution is 2.36. The summed E-state index contributed by atoms with van der Waals surface area (Å²) in [5, 5.41) is 13.8. The zero-order valence-corrected chi connectivity index (χ0v) is 19.0. The minimum Gasteiger partial charge on any atom is -0.480 e. The Kier molecular flexibility index (Phi) is 7.05. The number of rotatable bonds is 8. The smallest absolute Gasteiger partial charge is 0.329 e. The van der Waals surface area contributed by atoms with Crippen LogP contribution in [-0.4, -0.2) is 34.1 Å². The Morgan fingerprint density at radius 2 is 1.69 bits per heavy atom. The Morgan fingerprint density at radius 3 is 2.38 bits per heavy atom. The van der Waals surface area contributed by atoms with E-state index >= 15 is 0 Å². The number of hydrogen-bond donors (Lipinski definition) is 1. The molecule has 3 aromatic rings. The van der Waals surface area contributed by atoms with Crippen LogP contribution in [0.5, 0.6) is 0 Å². The van der Waals surface area contributed by atoms with Gasteiger partial charge in [-0.1, -0.05) is 60.2 Å². The third-order valence-electron chi connectivity index (χ3n) is 6.54. The number of nitrogens with zero attached hydrogens (tertiary/aromatic N) is 2. The van der Waals surface area contributed by atoms with Crippen molar-refractivity contribution < 1.29 is 14.6 Å². The molecule has 2 aromatic carbocycles. The first-order valence-electron chi connectivity index (χ1n) is 11.5. The molecule has 0 atom stereocenters. The molecule has 0 aliphatic heterocycles. The second-order valence-corrected chi connectivity index (χ2v) is 9.02. The summed E-state index contributed by atoms with van der Waals surface area (Å²) in [5.41, 5.74) is 7.08.